The van der Waals surface area contributed by atoms with Gasteiger partial charge < -0.3 is 4.79 Å². The highest BCUT2D eigenvalue weighted by atomic mass is 16.1. The number of hydrogen-bond acceptors (Lipinski definition) is 2. The van der Waals surface area contributed by atoms with Gasteiger partial charge in [0.2, 0.25) is 0 Å². The lowest BCUT2D eigenvalue weighted by atomic mass is 9.78. The number of carbonyl (C=O) groups excluding carboxylic acids is 2. The maximum Gasteiger partial charge on any atom is 0.146 e. The predicted octanol–water partition coefficient (Wildman–Crippen LogP) is 3.78. The summed E-state index contributed by atoms with van der Waals surface area (Å²) in [6.45, 7) is 8.08. The molecule has 0 saturated carbocycles. The number of rotatable bonds is 9. The van der Waals surface area contributed by atoms with Crippen LogP contribution < -0.4 is 0 Å². The molecule has 0 amide bonds. The Morgan fingerprint density at radius 1 is 1.31 bits per heavy atom. The summed E-state index contributed by atoms with van der Waals surface area (Å²) in [5.74, 6) is 0.523. The largest absolute Gasteiger partial charge is 0.302 e. The lowest BCUT2D eigenvalue weighted by molar-refractivity contribution is -0.134. The Bertz CT molecular complexity index is 223. The Labute approximate surface area is 99.8 Å². The number of Topliss-reactive ketones (excluding diaryl/α,β-unsaturated/α-hetero) is 1. The van der Waals surface area contributed by atoms with Crippen LogP contribution in [0.25, 0.3) is 0 Å². The molecule has 0 bridgehead atoms. The van der Waals surface area contributed by atoms with Crippen LogP contribution in [-0.2, 0) is 9.59 Å². The van der Waals surface area contributed by atoms with Crippen LogP contribution in [0.3, 0.4) is 0 Å². The maximum absolute atomic E-state index is 12.1. The SMILES string of the molecule is CCCCC(C)(C=O)C(=O)CC(C)CCC. The zero-order chi connectivity index (χ0) is 12.6. The first-order chi connectivity index (χ1) is 7.50. The van der Waals surface area contributed by atoms with Gasteiger partial charge in [-0.2, -0.15) is 0 Å². The van der Waals surface area contributed by atoms with Crippen molar-refractivity contribution in [2.45, 2.75) is 66.2 Å². The van der Waals surface area contributed by atoms with E-state index in [2.05, 4.69) is 20.8 Å². The molecule has 2 nitrogen and oxygen atoms in total. The summed E-state index contributed by atoms with van der Waals surface area (Å²) < 4.78 is 0. The van der Waals surface area contributed by atoms with Crippen molar-refractivity contribution in [3.8, 4) is 0 Å². The van der Waals surface area contributed by atoms with E-state index in [4.69, 9.17) is 0 Å². The molecule has 16 heavy (non-hydrogen) atoms. The first-order valence-electron chi connectivity index (χ1n) is 6.49. The van der Waals surface area contributed by atoms with Gasteiger partial charge in [-0.05, 0) is 19.3 Å². The monoisotopic (exact) mass is 226 g/mol. The molecular weight excluding hydrogens is 200 g/mol. The summed E-state index contributed by atoms with van der Waals surface area (Å²) in [6, 6.07) is 0. The van der Waals surface area contributed by atoms with Crippen molar-refractivity contribution in [3.63, 3.8) is 0 Å². The minimum absolute atomic E-state index is 0.122. The molecule has 0 aromatic heterocycles. The van der Waals surface area contributed by atoms with Gasteiger partial charge >= 0.3 is 0 Å². The fourth-order valence-electron chi connectivity index (χ4n) is 1.95. The molecule has 0 aliphatic carbocycles. The molecule has 0 saturated heterocycles. The average molecular weight is 226 g/mol. The van der Waals surface area contributed by atoms with Crippen LogP contribution in [0.2, 0.25) is 0 Å². The molecule has 0 radical (unpaired) electrons. The zero-order valence-electron chi connectivity index (χ0n) is 11.2. The van der Waals surface area contributed by atoms with E-state index in [9.17, 15) is 9.59 Å². The van der Waals surface area contributed by atoms with E-state index < -0.39 is 5.41 Å². The molecule has 0 aliphatic rings. The number of hydrogen-bond donors (Lipinski definition) is 0. The van der Waals surface area contributed by atoms with Crippen LogP contribution in [0, 0.1) is 11.3 Å². The Balaban J connectivity index is 4.34. The van der Waals surface area contributed by atoms with Gasteiger partial charge in [0.25, 0.3) is 0 Å². The summed E-state index contributed by atoms with van der Waals surface area (Å²) in [6.07, 6.45) is 6.24. The molecule has 0 aromatic carbocycles. The molecule has 0 N–H and O–H groups in total. The number of ketones is 1. The summed E-state index contributed by atoms with van der Waals surface area (Å²) in [7, 11) is 0. The maximum atomic E-state index is 12.1. The van der Waals surface area contributed by atoms with Crippen LogP contribution >= 0.6 is 0 Å². The van der Waals surface area contributed by atoms with E-state index in [1.807, 2.05) is 0 Å². The normalized spacial score (nSPS) is 16.5. The zero-order valence-corrected chi connectivity index (χ0v) is 11.2. The highest BCUT2D eigenvalue weighted by Crippen LogP contribution is 2.27. The summed E-state index contributed by atoms with van der Waals surface area (Å²) >= 11 is 0. The molecule has 0 heterocycles. The van der Waals surface area contributed by atoms with Gasteiger partial charge in [0.1, 0.15) is 12.1 Å². The second kappa shape index (κ2) is 7.59. The number of carbonyl (C=O) groups is 2. The Morgan fingerprint density at radius 3 is 2.38 bits per heavy atom. The van der Waals surface area contributed by atoms with Crippen molar-refractivity contribution in [2.24, 2.45) is 11.3 Å². The van der Waals surface area contributed by atoms with E-state index in [1.165, 1.54) is 0 Å². The van der Waals surface area contributed by atoms with Crippen molar-refractivity contribution >= 4 is 12.1 Å². The van der Waals surface area contributed by atoms with Crippen LogP contribution in [-0.4, -0.2) is 12.1 Å². The average Bonchev–Trinajstić information content (AvgIpc) is 2.26. The van der Waals surface area contributed by atoms with E-state index in [0.29, 0.717) is 18.8 Å². The molecule has 0 spiro atoms. The Morgan fingerprint density at radius 2 is 1.94 bits per heavy atom. The predicted molar refractivity (Wildman–Crippen MR) is 67.4 cm³/mol. The molecule has 0 aliphatic heterocycles. The molecule has 94 valence electrons. The third-order valence-corrected chi connectivity index (χ3v) is 3.26. The lowest BCUT2D eigenvalue weighted by Crippen LogP contribution is -2.30. The van der Waals surface area contributed by atoms with Gasteiger partial charge in [-0.1, -0.05) is 46.5 Å². The molecule has 0 rings (SSSR count). The molecule has 2 unspecified atom stereocenters. The Kier molecular flexibility index (Phi) is 7.27. The highest BCUT2D eigenvalue weighted by Gasteiger charge is 2.32. The Hall–Kier alpha value is -0.660. The quantitative estimate of drug-likeness (QED) is 0.443. The van der Waals surface area contributed by atoms with Crippen LogP contribution in [0.1, 0.15) is 66.2 Å². The summed E-state index contributed by atoms with van der Waals surface area (Å²) in [4.78, 5) is 23.1. The molecule has 0 fully saturated rings. The second-order valence-corrected chi connectivity index (χ2v) is 5.16. The van der Waals surface area contributed by atoms with Crippen molar-refractivity contribution in [3.05, 3.63) is 0 Å². The third-order valence-electron chi connectivity index (χ3n) is 3.26. The van der Waals surface area contributed by atoms with E-state index in [-0.39, 0.29) is 5.78 Å². The smallest absolute Gasteiger partial charge is 0.146 e. The van der Waals surface area contributed by atoms with Gasteiger partial charge in [-0.25, -0.2) is 0 Å². The van der Waals surface area contributed by atoms with Crippen LogP contribution in [0.15, 0.2) is 0 Å². The molecule has 0 aromatic rings. The van der Waals surface area contributed by atoms with Gasteiger partial charge in [-0.15, -0.1) is 0 Å². The van der Waals surface area contributed by atoms with E-state index in [1.54, 1.807) is 6.92 Å². The third kappa shape index (κ3) is 4.91. The van der Waals surface area contributed by atoms with E-state index in [0.717, 1.165) is 32.0 Å². The fraction of sp³-hybridized carbons (Fsp3) is 0.857. The number of unbranched alkanes of at least 4 members (excludes halogenated alkanes) is 1. The molecule has 2 atom stereocenters. The van der Waals surface area contributed by atoms with Gasteiger partial charge in [0.15, 0.2) is 0 Å². The van der Waals surface area contributed by atoms with Crippen LogP contribution in [0.4, 0.5) is 0 Å². The minimum Gasteiger partial charge on any atom is -0.302 e. The fourth-order valence-corrected chi connectivity index (χ4v) is 1.95. The summed E-state index contributed by atoms with van der Waals surface area (Å²) in [5, 5.41) is 0. The summed E-state index contributed by atoms with van der Waals surface area (Å²) in [5.41, 5.74) is -0.738. The van der Waals surface area contributed by atoms with Crippen LogP contribution in [0.5, 0.6) is 0 Å². The highest BCUT2D eigenvalue weighted by molar-refractivity contribution is 5.97. The van der Waals surface area contributed by atoms with Crippen molar-refractivity contribution < 1.29 is 9.59 Å². The molecular formula is C14H26O2. The van der Waals surface area contributed by atoms with Gasteiger partial charge in [0, 0.05) is 6.42 Å². The van der Waals surface area contributed by atoms with Crippen molar-refractivity contribution in [1.29, 1.82) is 0 Å². The molecule has 2 heteroatoms. The topological polar surface area (TPSA) is 34.1 Å². The standard InChI is InChI=1S/C14H26O2/c1-5-7-9-14(4,11-15)13(16)10-12(3)8-6-2/h11-12H,5-10H2,1-4H3. The van der Waals surface area contributed by atoms with Crippen molar-refractivity contribution in [1.82, 2.24) is 0 Å². The van der Waals surface area contributed by atoms with Gasteiger partial charge in [0.05, 0.1) is 5.41 Å². The second-order valence-electron chi connectivity index (χ2n) is 5.16. The van der Waals surface area contributed by atoms with Crippen molar-refractivity contribution in [2.75, 3.05) is 0 Å². The lowest BCUT2D eigenvalue weighted by Gasteiger charge is -2.23. The van der Waals surface area contributed by atoms with E-state index >= 15 is 0 Å². The first kappa shape index (κ1) is 15.3. The number of aldehydes is 1. The van der Waals surface area contributed by atoms with Gasteiger partial charge in [-0.3, -0.25) is 4.79 Å². The first-order valence-corrected chi connectivity index (χ1v) is 6.49. The minimum atomic E-state index is -0.738.